The molecule has 1 aromatic rings. The average molecular weight is 305 g/mol. The van der Waals surface area contributed by atoms with E-state index in [9.17, 15) is 9.59 Å². The summed E-state index contributed by atoms with van der Waals surface area (Å²) in [5.74, 6) is -0.711. The van der Waals surface area contributed by atoms with Crippen molar-refractivity contribution in [2.75, 3.05) is 13.2 Å². The summed E-state index contributed by atoms with van der Waals surface area (Å²) < 4.78 is 5.56. The molecule has 0 aliphatic heterocycles. The van der Waals surface area contributed by atoms with Gasteiger partial charge in [-0.25, -0.2) is 0 Å². The maximum atomic E-state index is 11.8. The summed E-state index contributed by atoms with van der Waals surface area (Å²) >= 11 is 0. The first-order valence-electron chi connectivity index (χ1n) is 7.51. The molecule has 1 aliphatic rings. The molecule has 0 heterocycles. The number of hydrogen-bond acceptors (Lipinski definition) is 3. The fraction of sp³-hybridized carbons (Fsp3) is 0.529. The van der Waals surface area contributed by atoms with Crippen molar-refractivity contribution in [3.8, 4) is 5.75 Å². The average Bonchev–Trinajstić information content (AvgIpc) is 3.24. The predicted octanol–water partition coefficient (Wildman–Crippen LogP) is 2.34. The van der Waals surface area contributed by atoms with E-state index < -0.39 is 17.3 Å². The second-order valence-electron chi connectivity index (χ2n) is 6.77. The molecule has 0 aromatic heterocycles. The zero-order valence-corrected chi connectivity index (χ0v) is 13.3. The number of carboxylic acid groups (broad SMARTS) is 1. The molecule has 0 radical (unpaired) electrons. The fourth-order valence-corrected chi connectivity index (χ4v) is 2.22. The van der Waals surface area contributed by atoms with Crippen LogP contribution in [0.4, 0.5) is 0 Å². The molecule has 0 saturated heterocycles. The van der Waals surface area contributed by atoms with E-state index in [1.807, 2.05) is 24.3 Å². The smallest absolute Gasteiger partial charge is 0.319 e. The van der Waals surface area contributed by atoms with Crippen molar-refractivity contribution in [3.63, 3.8) is 0 Å². The number of nitrogens with one attached hydrogen (secondary N) is 1. The Morgan fingerprint density at radius 2 is 1.82 bits per heavy atom. The number of carbonyl (C=O) groups excluding carboxylic acids is 1. The third kappa shape index (κ3) is 3.59. The van der Waals surface area contributed by atoms with Gasteiger partial charge < -0.3 is 15.2 Å². The van der Waals surface area contributed by atoms with Gasteiger partial charge in [0.15, 0.2) is 0 Å². The van der Waals surface area contributed by atoms with Crippen LogP contribution in [0.1, 0.15) is 39.2 Å². The highest BCUT2D eigenvalue weighted by molar-refractivity contribution is 6.04. The lowest BCUT2D eigenvalue weighted by atomic mass is 9.87. The van der Waals surface area contributed by atoms with Gasteiger partial charge in [0.05, 0.1) is 6.54 Å². The monoisotopic (exact) mass is 305 g/mol. The van der Waals surface area contributed by atoms with E-state index in [1.165, 1.54) is 5.56 Å². The van der Waals surface area contributed by atoms with Crippen LogP contribution in [0.5, 0.6) is 5.75 Å². The Morgan fingerprint density at radius 3 is 2.27 bits per heavy atom. The summed E-state index contributed by atoms with van der Waals surface area (Å²) in [5.41, 5.74) is 0.140. The van der Waals surface area contributed by atoms with Gasteiger partial charge in [-0.2, -0.15) is 0 Å². The summed E-state index contributed by atoms with van der Waals surface area (Å²) in [4.78, 5) is 22.8. The molecule has 2 rings (SSSR count). The van der Waals surface area contributed by atoms with Crippen molar-refractivity contribution in [1.82, 2.24) is 5.32 Å². The maximum Gasteiger partial charge on any atom is 0.319 e. The highest BCUT2D eigenvalue weighted by Gasteiger charge is 2.56. The van der Waals surface area contributed by atoms with Crippen LogP contribution in [0.25, 0.3) is 0 Å². The minimum absolute atomic E-state index is 0.0991. The fourth-order valence-electron chi connectivity index (χ4n) is 2.22. The summed E-state index contributed by atoms with van der Waals surface area (Å²) in [6.45, 7) is 7.06. The van der Waals surface area contributed by atoms with Gasteiger partial charge >= 0.3 is 5.97 Å². The lowest BCUT2D eigenvalue weighted by molar-refractivity contribution is -0.149. The van der Waals surface area contributed by atoms with E-state index in [1.54, 1.807) is 0 Å². The Kier molecular flexibility index (Phi) is 4.44. The standard InChI is InChI=1S/C17H23NO4/c1-16(2,3)12-4-6-13(7-5-12)22-11-10-18-14(19)17(8-9-17)15(20)21/h4-7H,8-11H2,1-3H3,(H,18,19)(H,20,21). The van der Waals surface area contributed by atoms with Gasteiger partial charge in [-0.15, -0.1) is 0 Å². The Labute approximate surface area is 130 Å². The van der Waals surface area contributed by atoms with Gasteiger partial charge in [-0.3, -0.25) is 9.59 Å². The second-order valence-corrected chi connectivity index (χ2v) is 6.77. The Bertz CT molecular complexity index is 553. The third-order valence-corrected chi connectivity index (χ3v) is 3.97. The minimum Gasteiger partial charge on any atom is -0.492 e. The predicted molar refractivity (Wildman–Crippen MR) is 82.9 cm³/mol. The molecule has 0 atom stereocenters. The molecule has 2 N–H and O–H groups in total. The van der Waals surface area contributed by atoms with Crippen LogP contribution in [0.3, 0.4) is 0 Å². The molecule has 0 unspecified atom stereocenters. The number of rotatable bonds is 6. The van der Waals surface area contributed by atoms with Gasteiger partial charge in [0.2, 0.25) is 5.91 Å². The normalized spacial score (nSPS) is 16.0. The molecule has 1 fully saturated rings. The van der Waals surface area contributed by atoms with Crippen LogP contribution >= 0.6 is 0 Å². The number of hydrogen-bond donors (Lipinski definition) is 2. The molecular formula is C17H23NO4. The van der Waals surface area contributed by atoms with E-state index >= 15 is 0 Å². The summed E-state index contributed by atoms with van der Waals surface area (Å²) in [6, 6.07) is 7.86. The van der Waals surface area contributed by atoms with Crippen LogP contribution in [0, 0.1) is 5.41 Å². The Balaban J connectivity index is 1.75. The SMILES string of the molecule is CC(C)(C)c1ccc(OCCNC(=O)C2(C(=O)O)CC2)cc1. The van der Waals surface area contributed by atoms with Crippen molar-refractivity contribution >= 4 is 11.9 Å². The lowest BCUT2D eigenvalue weighted by Gasteiger charge is -2.19. The van der Waals surface area contributed by atoms with E-state index in [2.05, 4.69) is 26.1 Å². The molecule has 0 spiro atoms. The highest BCUT2D eigenvalue weighted by atomic mass is 16.5. The minimum atomic E-state index is -1.19. The van der Waals surface area contributed by atoms with E-state index in [-0.39, 0.29) is 5.41 Å². The topological polar surface area (TPSA) is 75.6 Å². The van der Waals surface area contributed by atoms with Crippen LogP contribution < -0.4 is 10.1 Å². The zero-order chi connectivity index (χ0) is 16.4. The lowest BCUT2D eigenvalue weighted by Crippen LogP contribution is -2.38. The first-order chi connectivity index (χ1) is 10.3. The van der Waals surface area contributed by atoms with Crippen LogP contribution in [0.2, 0.25) is 0 Å². The first kappa shape index (κ1) is 16.3. The number of aliphatic carboxylic acids is 1. The largest absolute Gasteiger partial charge is 0.492 e. The molecule has 22 heavy (non-hydrogen) atoms. The van der Waals surface area contributed by atoms with E-state index in [4.69, 9.17) is 9.84 Å². The second kappa shape index (κ2) is 5.99. The Hall–Kier alpha value is -2.04. The summed E-state index contributed by atoms with van der Waals surface area (Å²) in [7, 11) is 0. The number of amides is 1. The number of ether oxygens (including phenoxy) is 1. The van der Waals surface area contributed by atoms with E-state index in [0.717, 1.165) is 5.75 Å². The third-order valence-electron chi connectivity index (χ3n) is 3.97. The Morgan fingerprint density at radius 1 is 1.23 bits per heavy atom. The number of benzene rings is 1. The van der Waals surface area contributed by atoms with Crippen LogP contribution in [-0.2, 0) is 15.0 Å². The van der Waals surface area contributed by atoms with Gasteiger partial charge in [-0.1, -0.05) is 32.9 Å². The van der Waals surface area contributed by atoms with Crippen LogP contribution in [-0.4, -0.2) is 30.1 Å². The molecule has 1 saturated carbocycles. The van der Waals surface area contributed by atoms with Crippen molar-refractivity contribution in [2.24, 2.45) is 5.41 Å². The zero-order valence-electron chi connectivity index (χ0n) is 13.3. The molecular weight excluding hydrogens is 282 g/mol. The van der Waals surface area contributed by atoms with Gasteiger partial charge in [0.1, 0.15) is 17.8 Å². The van der Waals surface area contributed by atoms with Crippen molar-refractivity contribution in [1.29, 1.82) is 0 Å². The molecule has 0 bridgehead atoms. The van der Waals surface area contributed by atoms with E-state index in [0.29, 0.717) is 26.0 Å². The van der Waals surface area contributed by atoms with Gasteiger partial charge in [0.25, 0.3) is 0 Å². The molecule has 5 heteroatoms. The number of carboxylic acids is 1. The maximum absolute atomic E-state index is 11.8. The van der Waals surface area contributed by atoms with Crippen molar-refractivity contribution in [2.45, 2.75) is 39.0 Å². The number of carbonyl (C=O) groups is 2. The highest BCUT2D eigenvalue weighted by Crippen LogP contribution is 2.45. The summed E-state index contributed by atoms with van der Waals surface area (Å²) in [6.07, 6.45) is 0.840. The van der Waals surface area contributed by atoms with Crippen molar-refractivity contribution < 1.29 is 19.4 Å². The quantitative estimate of drug-likeness (QED) is 0.625. The molecule has 5 nitrogen and oxygen atoms in total. The molecule has 120 valence electrons. The van der Waals surface area contributed by atoms with Gasteiger partial charge in [0, 0.05) is 0 Å². The first-order valence-corrected chi connectivity index (χ1v) is 7.51. The summed E-state index contributed by atoms with van der Waals surface area (Å²) in [5, 5.41) is 11.6. The molecule has 1 aliphatic carbocycles. The molecule has 1 aromatic carbocycles. The van der Waals surface area contributed by atoms with Crippen LogP contribution in [0.15, 0.2) is 24.3 Å². The molecule has 1 amide bonds. The van der Waals surface area contributed by atoms with Gasteiger partial charge in [-0.05, 0) is 36.0 Å². The van der Waals surface area contributed by atoms with Crippen molar-refractivity contribution in [3.05, 3.63) is 29.8 Å².